The quantitative estimate of drug-likeness (QED) is 0.712. The number of likely N-dealkylation sites (tertiary alicyclic amines) is 1. The Morgan fingerprint density at radius 2 is 1.97 bits per heavy atom. The number of amidine groups is 1. The number of hydrogen-bond donors (Lipinski definition) is 2. The fourth-order valence-corrected chi connectivity index (χ4v) is 3.69. The third-order valence-electron chi connectivity index (χ3n) is 5.25. The van der Waals surface area contributed by atoms with Gasteiger partial charge in [0.05, 0.1) is 17.3 Å². The van der Waals surface area contributed by atoms with Crippen LogP contribution >= 0.6 is 0 Å². The Morgan fingerprint density at radius 1 is 1.28 bits per heavy atom. The SMILES string of the molecule is C[C@H]1C(=O)NN=C2COc3cc(C(F)(F)F)c(NC4CN(C(=O)OC(C)(C)C)C4)cc3N21. The minimum atomic E-state index is -4.63. The van der Waals surface area contributed by atoms with Gasteiger partial charge < -0.3 is 24.6 Å². The number of rotatable bonds is 2. The Hall–Kier alpha value is -3.18. The number of nitrogens with one attached hydrogen (secondary N) is 2. The first-order chi connectivity index (χ1) is 14.8. The molecule has 1 fully saturated rings. The van der Waals surface area contributed by atoms with Crippen molar-refractivity contribution in [3.63, 3.8) is 0 Å². The average Bonchev–Trinajstić information content (AvgIpc) is 2.63. The second-order valence-electron chi connectivity index (χ2n) is 8.93. The van der Waals surface area contributed by atoms with E-state index in [9.17, 15) is 22.8 Å². The molecule has 0 spiro atoms. The largest absolute Gasteiger partial charge is 0.483 e. The summed E-state index contributed by atoms with van der Waals surface area (Å²) in [5, 5.41) is 6.83. The molecule has 3 aliphatic rings. The van der Waals surface area contributed by atoms with Crippen LogP contribution in [0.15, 0.2) is 17.2 Å². The first-order valence-corrected chi connectivity index (χ1v) is 10.1. The molecule has 0 unspecified atom stereocenters. The molecule has 1 atom stereocenters. The van der Waals surface area contributed by atoms with Crippen LogP contribution < -0.4 is 20.4 Å². The molecule has 4 rings (SSSR count). The number of carbonyl (C=O) groups is 2. The number of hydrogen-bond acceptors (Lipinski definition) is 7. The van der Waals surface area contributed by atoms with Gasteiger partial charge in [-0.05, 0) is 39.8 Å². The van der Waals surface area contributed by atoms with Gasteiger partial charge in [0, 0.05) is 18.8 Å². The molecule has 12 heteroatoms. The molecular weight excluding hydrogens is 431 g/mol. The summed E-state index contributed by atoms with van der Waals surface area (Å²) in [6.45, 7) is 7.20. The van der Waals surface area contributed by atoms with Gasteiger partial charge in [-0.3, -0.25) is 4.79 Å². The second kappa shape index (κ2) is 7.45. The van der Waals surface area contributed by atoms with Crippen LogP contribution in [0.1, 0.15) is 33.3 Å². The van der Waals surface area contributed by atoms with Crippen molar-refractivity contribution in [2.75, 3.05) is 29.9 Å². The van der Waals surface area contributed by atoms with E-state index in [1.54, 1.807) is 32.6 Å². The molecule has 3 heterocycles. The summed E-state index contributed by atoms with van der Waals surface area (Å²) in [5.74, 6) is 0.0467. The van der Waals surface area contributed by atoms with E-state index in [2.05, 4.69) is 15.8 Å². The summed E-state index contributed by atoms with van der Waals surface area (Å²) in [4.78, 5) is 27.1. The smallest absolute Gasteiger partial charge is 0.418 e. The van der Waals surface area contributed by atoms with Gasteiger partial charge in [-0.15, -0.1) is 0 Å². The highest BCUT2D eigenvalue weighted by atomic mass is 19.4. The number of alkyl halides is 3. The zero-order valence-electron chi connectivity index (χ0n) is 18.0. The molecule has 1 aromatic rings. The van der Waals surface area contributed by atoms with Crippen molar-refractivity contribution in [2.45, 2.75) is 51.6 Å². The maximum Gasteiger partial charge on any atom is 0.418 e. The molecule has 0 radical (unpaired) electrons. The van der Waals surface area contributed by atoms with E-state index in [1.165, 1.54) is 11.0 Å². The zero-order valence-corrected chi connectivity index (χ0v) is 18.0. The van der Waals surface area contributed by atoms with Gasteiger partial charge in [-0.2, -0.15) is 18.3 Å². The number of carbonyl (C=O) groups excluding carboxylic acids is 2. The van der Waals surface area contributed by atoms with E-state index in [0.717, 1.165) is 6.07 Å². The van der Waals surface area contributed by atoms with Gasteiger partial charge >= 0.3 is 12.3 Å². The third kappa shape index (κ3) is 4.13. The predicted octanol–water partition coefficient (Wildman–Crippen LogP) is 2.77. The lowest BCUT2D eigenvalue weighted by atomic mass is 10.0. The van der Waals surface area contributed by atoms with E-state index < -0.39 is 29.5 Å². The van der Waals surface area contributed by atoms with Crippen molar-refractivity contribution in [3.05, 3.63) is 17.7 Å². The molecule has 0 saturated carbocycles. The van der Waals surface area contributed by atoms with Crippen molar-refractivity contribution < 1.29 is 32.2 Å². The van der Waals surface area contributed by atoms with Crippen molar-refractivity contribution in [1.29, 1.82) is 0 Å². The summed E-state index contributed by atoms with van der Waals surface area (Å²) in [6, 6.07) is 1.19. The fourth-order valence-electron chi connectivity index (χ4n) is 3.69. The van der Waals surface area contributed by atoms with E-state index in [4.69, 9.17) is 9.47 Å². The molecule has 1 saturated heterocycles. The summed E-state index contributed by atoms with van der Waals surface area (Å²) in [5.41, 5.74) is 0.987. The van der Waals surface area contributed by atoms with Crippen molar-refractivity contribution in [3.8, 4) is 5.75 Å². The van der Waals surface area contributed by atoms with Gasteiger partial charge in [-0.1, -0.05) is 0 Å². The molecule has 0 bridgehead atoms. The summed E-state index contributed by atoms with van der Waals surface area (Å²) >= 11 is 0. The standard InChI is InChI=1S/C20H24F3N5O4/c1-10-17(29)26-25-16-9-31-15-5-12(20(21,22)23)13(6-14(15)28(10)16)24-11-7-27(8-11)18(30)32-19(2,3)4/h5-6,10-11,24H,7-9H2,1-4H3,(H,26,29)/t10-/m0/s1. The minimum Gasteiger partial charge on any atom is -0.483 e. The van der Waals surface area contributed by atoms with Crippen LogP contribution in [0, 0.1) is 0 Å². The van der Waals surface area contributed by atoms with Gasteiger partial charge in [0.1, 0.15) is 24.0 Å². The molecule has 32 heavy (non-hydrogen) atoms. The van der Waals surface area contributed by atoms with Crippen LogP contribution in [-0.4, -0.2) is 60.1 Å². The molecule has 0 aromatic heterocycles. The molecule has 174 valence electrons. The number of nitrogens with zero attached hydrogens (tertiary/aromatic N) is 3. The van der Waals surface area contributed by atoms with Crippen molar-refractivity contribution in [1.82, 2.24) is 10.3 Å². The second-order valence-corrected chi connectivity index (χ2v) is 8.93. The van der Waals surface area contributed by atoms with Gasteiger partial charge in [-0.25, -0.2) is 10.2 Å². The summed E-state index contributed by atoms with van der Waals surface area (Å²) in [7, 11) is 0. The minimum absolute atomic E-state index is 0.0207. The van der Waals surface area contributed by atoms with Crippen LogP contribution in [0.5, 0.6) is 5.75 Å². The van der Waals surface area contributed by atoms with E-state index in [0.29, 0.717) is 11.5 Å². The molecule has 2 N–H and O–H groups in total. The molecule has 1 aromatic carbocycles. The lowest BCUT2D eigenvalue weighted by Crippen LogP contribution is -2.58. The highest BCUT2D eigenvalue weighted by Gasteiger charge is 2.41. The Morgan fingerprint density at radius 3 is 2.59 bits per heavy atom. The molecular formula is C20H24F3N5O4. The summed E-state index contributed by atoms with van der Waals surface area (Å²) < 4.78 is 52.1. The van der Waals surface area contributed by atoms with E-state index >= 15 is 0 Å². The molecule has 2 amide bonds. The number of amides is 2. The number of hydrazone groups is 1. The first-order valence-electron chi connectivity index (χ1n) is 10.1. The maximum absolute atomic E-state index is 13.8. The maximum atomic E-state index is 13.8. The van der Waals surface area contributed by atoms with Gasteiger partial charge in [0.25, 0.3) is 5.91 Å². The molecule has 0 aliphatic carbocycles. The number of benzene rings is 1. The highest BCUT2D eigenvalue weighted by molar-refractivity contribution is 6.09. The lowest BCUT2D eigenvalue weighted by molar-refractivity contribution is -0.137. The van der Waals surface area contributed by atoms with Crippen LogP contribution in [0.25, 0.3) is 0 Å². The number of halogens is 3. The van der Waals surface area contributed by atoms with Crippen molar-refractivity contribution in [2.24, 2.45) is 5.10 Å². The van der Waals surface area contributed by atoms with Gasteiger partial charge in [0.15, 0.2) is 5.84 Å². The first kappa shape index (κ1) is 22.0. The summed E-state index contributed by atoms with van der Waals surface area (Å²) in [6.07, 6.45) is -5.14. The number of fused-ring (bicyclic) bond motifs is 3. The van der Waals surface area contributed by atoms with Crippen LogP contribution in [0.3, 0.4) is 0 Å². The zero-order chi connectivity index (χ0) is 23.4. The topological polar surface area (TPSA) is 95.5 Å². The average molecular weight is 455 g/mol. The Labute approximate surface area is 182 Å². The van der Waals surface area contributed by atoms with Gasteiger partial charge in [0.2, 0.25) is 0 Å². The Bertz CT molecular complexity index is 983. The molecule has 3 aliphatic heterocycles. The fraction of sp³-hybridized carbons (Fsp3) is 0.550. The Balaban J connectivity index is 1.59. The lowest BCUT2D eigenvalue weighted by Gasteiger charge is -2.41. The normalized spacial score (nSPS) is 20.9. The molecule has 9 nitrogen and oxygen atoms in total. The van der Waals surface area contributed by atoms with Crippen molar-refractivity contribution >= 4 is 29.2 Å². The monoisotopic (exact) mass is 455 g/mol. The third-order valence-corrected chi connectivity index (χ3v) is 5.25. The van der Waals surface area contributed by atoms with E-state index in [-0.39, 0.29) is 43.1 Å². The van der Waals surface area contributed by atoms with Crippen LogP contribution in [0.4, 0.5) is 29.3 Å². The number of anilines is 2. The van der Waals surface area contributed by atoms with E-state index in [1.807, 2.05) is 0 Å². The Kier molecular flexibility index (Phi) is 5.13. The predicted molar refractivity (Wildman–Crippen MR) is 110 cm³/mol. The number of ether oxygens (including phenoxy) is 2. The highest BCUT2D eigenvalue weighted by Crippen LogP contribution is 2.44. The van der Waals surface area contributed by atoms with Crippen LogP contribution in [0.2, 0.25) is 0 Å². The van der Waals surface area contributed by atoms with Crippen LogP contribution in [-0.2, 0) is 15.7 Å².